The standard InChI is InChI=1S/C14H26N4O7/c1-6-8(19)13(25-17-6)23-11-7(5-16-18-15)22-12(10(21)9(11)20)24-14(2,3)4/h6-13,17,19-21H,5H2,1-4H3. The van der Waals surface area contributed by atoms with Gasteiger partial charge in [-0.1, -0.05) is 5.11 Å². The Hall–Kier alpha value is -1.01. The van der Waals surface area contributed by atoms with Crippen LogP contribution in [0, 0.1) is 0 Å². The van der Waals surface area contributed by atoms with Crippen LogP contribution in [0.5, 0.6) is 0 Å². The molecule has 0 saturated carbocycles. The van der Waals surface area contributed by atoms with E-state index in [1.807, 2.05) is 0 Å². The van der Waals surface area contributed by atoms with Crippen molar-refractivity contribution in [3.63, 3.8) is 0 Å². The zero-order chi connectivity index (χ0) is 18.8. The molecule has 0 aromatic rings. The van der Waals surface area contributed by atoms with Crippen molar-refractivity contribution < 1.29 is 34.4 Å². The highest BCUT2D eigenvalue weighted by Gasteiger charge is 2.49. The average Bonchev–Trinajstić information content (AvgIpc) is 2.84. The highest BCUT2D eigenvalue weighted by atomic mass is 16.8. The van der Waals surface area contributed by atoms with Crippen LogP contribution in [0.2, 0.25) is 0 Å². The Morgan fingerprint density at radius 1 is 1.16 bits per heavy atom. The number of nitrogens with one attached hydrogen (secondary N) is 1. The number of aliphatic hydroxyl groups excluding tert-OH is 3. The minimum Gasteiger partial charge on any atom is -0.387 e. The largest absolute Gasteiger partial charge is 0.387 e. The normalized spacial score (nSPS) is 42.2. The maximum absolute atomic E-state index is 10.5. The molecular weight excluding hydrogens is 336 g/mol. The summed E-state index contributed by atoms with van der Waals surface area (Å²) in [6.07, 6.45) is -7.95. The molecule has 0 spiro atoms. The zero-order valence-electron chi connectivity index (χ0n) is 14.6. The van der Waals surface area contributed by atoms with E-state index in [9.17, 15) is 15.3 Å². The van der Waals surface area contributed by atoms with Crippen molar-refractivity contribution in [2.45, 2.75) is 82.4 Å². The molecule has 11 nitrogen and oxygen atoms in total. The first kappa shape index (κ1) is 20.3. The quantitative estimate of drug-likeness (QED) is 0.291. The lowest BCUT2D eigenvalue weighted by atomic mass is 9.98. The average molecular weight is 362 g/mol. The summed E-state index contributed by atoms with van der Waals surface area (Å²) in [5.41, 5.74) is 10.5. The van der Waals surface area contributed by atoms with Crippen molar-refractivity contribution in [2.75, 3.05) is 6.54 Å². The molecule has 4 N–H and O–H groups in total. The van der Waals surface area contributed by atoms with Crippen LogP contribution >= 0.6 is 0 Å². The summed E-state index contributed by atoms with van der Waals surface area (Å²) in [5.74, 6) is 0. The molecule has 25 heavy (non-hydrogen) atoms. The zero-order valence-corrected chi connectivity index (χ0v) is 14.6. The van der Waals surface area contributed by atoms with E-state index in [4.69, 9.17) is 24.6 Å². The summed E-state index contributed by atoms with van der Waals surface area (Å²) in [5, 5.41) is 34.2. The summed E-state index contributed by atoms with van der Waals surface area (Å²) in [4.78, 5) is 7.80. The third-order valence-electron chi connectivity index (χ3n) is 3.89. The van der Waals surface area contributed by atoms with Crippen LogP contribution in [0.25, 0.3) is 10.4 Å². The first-order valence-electron chi connectivity index (χ1n) is 8.09. The van der Waals surface area contributed by atoms with Gasteiger partial charge in [0.05, 0.1) is 24.3 Å². The highest BCUT2D eigenvalue weighted by Crippen LogP contribution is 2.29. The van der Waals surface area contributed by atoms with Gasteiger partial charge >= 0.3 is 0 Å². The Bertz CT molecular complexity index is 496. The van der Waals surface area contributed by atoms with E-state index in [-0.39, 0.29) is 12.6 Å². The molecule has 2 saturated heterocycles. The number of ether oxygens (including phenoxy) is 3. The number of hydrogen-bond acceptors (Lipinski definition) is 9. The Morgan fingerprint density at radius 2 is 1.84 bits per heavy atom. The molecule has 2 aliphatic rings. The lowest BCUT2D eigenvalue weighted by Gasteiger charge is -2.44. The molecule has 0 amide bonds. The number of azide groups is 1. The molecule has 0 aromatic carbocycles. The van der Waals surface area contributed by atoms with Crippen molar-refractivity contribution in [2.24, 2.45) is 5.11 Å². The van der Waals surface area contributed by atoms with Gasteiger partial charge in [0.25, 0.3) is 0 Å². The van der Waals surface area contributed by atoms with E-state index in [0.29, 0.717) is 0 Å². The van der Waals surface area contributed by atoms with Gasteiger partial charge in [-0.2, -0.15) is 5.48 Å². The fourth-order valence-electron chi connectivity index (χ4n) is 2.60. The summed E-state index contributed by atoms with van der Waals surface area (Å²) in [6, 6.07) is -0.371. The minimum atomic E-state index is -1.40. The fraction of sp³-hybridized carbons (Fsp3) is 1.00. The molecule has 8 unspecified atom stereocenters. The minimum absolute atomic E-state index is 0.152. The molecule has 8 atom stereocenters. The monoisotopic (exact) mass is 362 g/mol. The van der Waals surface area contributed by atoms with Crippen molar-refractivity contribution in [3.05, 3.63) is 10.4 Å². The van der Waals surface area contributed by atoms with E-state index in [0.717, 1.165) is 0 Å². The molecule has 2 aliphatic heterocycles. The van der Waals surface area contributed by atoms with Gasteiger partial charge in [0.2, 0.25) is 6.29 Å². The van der Waals surface area contributed by atoms with Gasteiger partial charge in [0.1, 0.15) is 24.4 Å². The second kappa shape index (κ2) is 8.12. The van der Waals surface area contributed by atoms with E-state index in [2.05, 4.69) is 15.5 Å². The second-order valence-corrected chi connectivity index (χ2v) is 7.15. The lowest BCUT2D eigenvalue weighted by Crippen LogP contribution is -2.61. The van der Waals surface area contributed by atoms with Gasteiger partial charge in [-0.3, -0.25) is 4.84 Å². The number of nitrogens with zero attached hydrogens (tertiary/aromatic N) is 3. The molecule has 0 radical (unpaired) electrons. The number of hydrogen-bond donors (Lipinski definition) is 4. The second-order valence-electron chi connectivity index (χ2n) is 7.15. The van der Waals surface area contributed by atoms with Crippen molar-refractivity contribution >= 4 is 0 Å². The van der Waals surface area contributed by atoms with Crippen LogP contribution in [0.4, 0.5) is 0 Å². The molecule has 0 aromatic heterocycles. The van der Waals surface area contributed by atoms with E-state index in [1.165, 1.54) is 0 Å². The maximum atomic E-state index is 10.5. The predicted octanol–water partition coefficient (Wildman–Crippen LogP) is -0.446. The predicted molar refractivity (Wildman–Crippen MR) is 83.9 cm³/mol. The number of aliphatic hydroxyl groups is 3. The van der Waals surface area contributed by atoms with Gasteiger partial charge in [-0.05, 0) is 33.2 Å². The highest BCUT2D eigenvalue weighted by molar-refractivity contribution is 4.93. The van der Waals surface area contributed by atoms with Gasteiger partial charge in [-0.15, -0.1) is 0 Å². The molecule has 2 fully saturated rings. The van der Waals surface area contributed by atoms with Gasteiger partial charge < -0.3 is 29.5 Å². The van der Waals surface area contributed by atoms with E-state index in [1.54, 1.807) is 27.7 Å². The Balaban J connectivity index is 2.14. The molecule has 0 bridgehead atoms. The molecule has 11 heteroatoms. The van der Waals surface area contributed by atoms with Crippen LogP contribution < -0.4 is 5.48 Å². The topological polar surface area (TPSA) is 158 Å². The SMILES string of the molecule is CC1NOC(OC2C(CN=[N+]=[N-])OC(OC(C)(C)C)C(O)C2O)C1O. The van der Waals surface area contributed by atoms with Crippen LogP contribution in [-0.4, -0.2) is 76.6 Å². The van der Waals surface area contributed by atoms with Crippen molar-refractivity contribution in [1.82, 2.24) is 5.48 Å². The smallest absolute Gasteiger partial charge is 0.205 e. The number of rotatable bonds is 5. The van der Waals surface area contributed by atoms with Crippen LogP contribution in [0.1, 0.15) is 27.7 Å². The number of hydroxylamine groups is 1. The Kier molecular flexibility index (Phi) is 6.60. The molecule has 2 rings (SSSR count). The van der Waals surface area contributed by atoms with Crippen LogP contribution in [0.3, 0.4) is 0 Å². The third kappa shape index (κ3) is 5.00. The van der Waals surface area contributed by atoms with Gasteiger partial charge in [-0.25, -0.2) is 0 Å². The van der Waals surface area contributed by atoms with Gasteiger partial charge in [0.15, 0.2) is 6.29 Å². The summed E-state index contributed by atoms with van der Waals surface area (Å²) >= 11 is 0. The molecule has 0 aliphatic carbocycles. The van der Waals surface area contributed by atoms with Crippen molar-refractivity contribution in [1.29, 1.82) is 0 Å². The summed E-state index contributed by atoms with van der Waals surface area (Å²) in [7, 11) is 0. The first-order valence-corrected chi connectivity index (χ1v) is 8.09. The maximum Gasteiger partial charge on any atom is 0.205 e. The van der Waals surface area contributed by atoms with Gasteiger partial charge in [0, 0.05) is 4.91 Å². The summed E-state index contributed by atoms with van der Waals surface area (Å²) < 4.78 is 16.9. The molecule has 2 heterocycles. The summed E-state index contributed by atoms with van der Waals surface area (Å²) in [6.45, 7) is 6.87. The van der Waals surface area contributed by atoms with Crippen LogP contribution in [-0.2, 0) is 19.0 Å². The van der Waals surface area contributed by atoms with E-state index >= 15 is 0 Å². The first-order chi connectivity index (χ1) is 11.6. The van der Waals surface area contributed by atoms with E-state index < -0.39 is 48.7 Å². The Labute approximate surface area is 145 Å². The van der Waals surface area contributed by atoms with Crippen molar-refractivity contribution in [3.8, 4) is 0 Å². The lowest BCUT2D eigenvalue weighted by molar-refractivity contribution is -0.338. The Morgan fingerprint density at radius 3 is 2.36 bits per heavy atom. The molecule has 144 valence electrons. The van der Waals surface area contributed by atoms with Crippen LogP contribution in [0.15, 0.2) is 5.11 Å². The molecular formula is C14H26N4O7. The fourth-order valence-corrected chi connectivity index (χ4v) is 2.60. The third-order valence-corrected chi connectivity index (χ3v) is 3.89.